The Morgan fingerprint density at radius 2 is 2.03 bits per heavy atom. The molecule has 1 aliphatic heterocycles. The van der Waals surface area contributed by atoms with Crippen molar-refractivity contribution in [2.75, 3.05) is 25.1 Å². The molecule has 2 atom stereocenters. The maximum atomic E-state index is 15.4. The van der Waals surface area contributed by atoms with Gasteiger partial charge >= 0.3 is 5.97 Å². The van der Waals surface area contributed by atoms with E-state index in [0.29, 0.717) is 24.3 Å². The summed E-state index contributed by atoms with van der Waals surface area (Å²) in [5, 5.41) is 9.49. The number of hydrogen-bond acceptors (Lipinski definition) is 5. The number of carboxylic acids is 1. The minimum Gasteiger partial charge on any atom is -0.492 e. The Morgan fingerprint density at radius 3 is 2.57 bits per heavy atom. The van der Waals surface area contributed by atoms with Gasteiger partial charge in [-0.1, -0.05) is 20.8 Å². The number of halogens is 1. The van der Waals surface area contributed by atoms with Crippen molar-refractivity contribution in [2.45, 2.75) is 45.7 Å². The second-order valence-corrected chi connectivity index (χ2v) is 9.32. The predicted molar refractivity (Wildman–Crippen MR) is 113 cm³/mol. The number of fused-ring (bicyclic) bond motifs is 1. The molecule has 2 heterocycles. The molecule has 1 aromatic heterocycles. The smallest absolute Gasteiger partial charge is 0.341 e. The molecule has 0 radical (unpaired) electrons. The van der Waals surface area contributed by atoms with E-state index in [1.807, 2.05) is 11.8 Å². The summed E-state index contributed by atoms with van der Waals surface area (Å²) < 4.78 is 22.9. The van der Waals surface area contributed by atoms with E-state index >= 15 is 4.39 Å². The highest BCUT2D eigenvalue weighted by atomic mass is 19.1. The van der Waals surface area contributed by atoms with Gasteiger partial charge in [-0.25, -0.2) is 9.18 Å². The number of carbonyl (C=O) groups is 1. The molecule has 4 rings (SSSR count). The Bertz CT molecular complexity index is 1090. The second-order valence-electron chi connectivity index (χ2n) is 9.32. The SMILES string of the molecule is COc1c(N2CC(C)C(N)C(C)(C)C2)c(F)cc2c(=O)c(C(=O)O)cn(C3CC3)c12. The average Bonchev–Trinajstić information content (AvgIpc) is 3.50. The first kappa shape index (κ1) is 20.7. The first-order valence-electron chi connectivity index (χ1n) is 10.3. The lowest BCUT2D eigenvalue weighted by atomic mass is 9.74. The average molecular weight is 417 g/mol. The van der Waals surface area contributed by atoms with Crippen LogP contribution in [0, 0.1) is 17.2 Å². The predicted octanol–water partition coefficient (Wildman–Crippen LogP) is 2.99. The summed E-state index contributed by atoms with van der Waals surface area (Å²) in [5.74, 6) is -1.52. The van der Waals surface area contributed by atoms with Crippen LogP contribution in [0.1, 0.15) is 50.0 Å². The lowest BCUT2D eigenvalue weighted by molar-refractivity contribution is 0.0694. The van der Waals surface area contributed by atoms with Gasteiger partial charge in [-0.2, -0.15) is 0 Å². The zero-order chi connectivity index (χ0) is 22.0. The number of ether oxygens (including phenoxy) is 1. The number of rotatable bonds is 4. The van der Waals surface area contributed by atoms with Crippen molar-refractivity contribution < 1.29 is 19.0 Å². The maximum absolute atomic E-state index is 15.4. The van der Waals surface area contributed by atoms with Gasteiger partial charge in [0, 0.05) is 31.4 Å². The number of anilines is 1. The zero-order valence-electron chi connectivity index (χ0n) is 17.7. The van der Waals surface area contributed by atoms with Crippen LogP contribution in [0.4, 0.5) is 10.1 Å². The number of nitrogens with two attached hydrogens (primary N) is 1. The molecule has 1 aliphatic carbocycles. The molecule has 1 aromatic carbocycles. The molecule has 2 aromatic rings. The second kappa shape index (κ2) is 6.97. The number of methoxy groups -OCH3 is 1. The van der Waals surface area contributed by atoms with Crippen LogP contribution in [-0.4, -0.2) is 41.9 Å². The highest BCUT2D eigenvalue weighted by Crippen LogP contribution is 2.45. The van der Waals surface area contributed by atoms with Gasteiger partial charge in [-0.15, -0.1) is 0 Å². The standard InChI is InChI=1S/C22H28FN3O4/c1-11-8-25(10-22(2,3)20(11)24)17-15(23)7-13-16(19(17)30-4)26(12-5-6-12)9-14(18(13)27)21(28)29/h7,9,11-12,20H,5-6,8,10,24H2,1-4H3,(H,28,29). The van der Waals surface area contributed by atoms with Gasteiger partial charge in [0.25, 0.3) is 0 Å². The molecule has 7 nitrogen and oxygen atoms in total. The molecular formula is C22H28FN3O4. The van der Waals surface area contributed by atoms with Crippen molar-refractivity contribution in [3.8, 4) is 5.75 Å². The van der Waals surface area contributed by atoms with Crippen LogP contribution in [0.3, 0.4) is 0 Å². The number of nitrogens with zero attached hydrogens (tertiary/aromatic N) is 2. The van der Waals surface area contributed by atoms with E-state index in [-0.39, 0.29) is 40.1 Å². The third-order valence-electron chi connectivity index (χ3n) is 6.51. The lowest BCUT2D eigenvalue weighted by Crippen LogP contribution is -2.57. The van der Waals surface area contributed by atoms with E-state index in [4.69, 9.17) is 10.5 Å². The molecule has 1 saturated carbocycles. The number of piperidine rings is 1. The first-order chi connectivity index (χ1) is 14.1. The van der Waals surface area contributed by atoms with Crippen molar-refractivity contribution in [3.05, 3.63) is 33.9 Å². The molecule has 0 amide bonds. The van der Waals surface area contributed by atoms with Gasteiger partial charge in [0.1, 0.15) is 11.3 Å². The van der Waals surface area contributed by atoms with Crippen LogP contribution >= 0.6 is 0 Å². The number of pyridine rings is 1. The molecule has 2 fully saturated rings. The van der Waals surface area contributed by atoms with Gasteiger partial charge < -0.3 is 25.0 Å². The number of aromatic carboxylic acids is 1. The molecular weight excluding hydrogens is 389 g/mol. The Labute approximate surface area is 174 Å². The lowest BCUT2D eigenvalue weighted by Gasteiger charge is -2.47. The molecule has 30 heavy (non-hydrogen) atoms. The Kier molecular flexibility index (Phi) is 4.80. The fourth-order valence-electron chi connectivity index (χ4n) is 4.79. The topological polar surface area (TPSA) is 97.8 Å². The fourth-order valence-corrected chi connectivity index (χ4v) is 4.79. The minimum absolute atomic E-state index is 0.0222. The number of benzene rings is 1. The first-order valence-corrected chi connectivity index (χ1v) is 10.3. The van der Waals surface area contributed by atoms with E-state index < -0.39 is 17.2 Å². The van der Waals surface area contributed by atoms with Crippen molar-refractivity contribution in [2.24, 2.45) is 17.1 Å². The van der Waals surface area contributed by atoms with Crippen molar-refractivity contribution >= 4 is 22.6 Å². The van der Waals surface area contributed by atoms with Crippen LogP contribution < -0.4 is 20.8 Å². The summed E-state index contributed by atoms with van der Waals surface area (Å²) in [6, 6.07) is 1.21. The van der Waals surface area contributed by atoms with Crippen LogP contribution in [0.5, 0.6) is 5.75 Å². The summed E-state index contributed by atoms with van der Waals surface area (Å²) in [6.07, 6.45) is 3.11. The molecule has 8 heteroatoms. The molecule has 0 bridgehead atoms. The van der Waals surface area contributed by atoms with Gasteiger partial charge in [-0.3, -0.25) is 4.79 Å². The monoisotopic (exact) mass is 417 g/mol. The Balaban J connectivity index is 2.00. The molecule has 2 aliphatic rings. The quantitative estimate of drug-likeness (QED) is 0.794. The van der Waals surface area contributed by atoms with E-state index in [9.17, 15) is 14.7 Å². The van der Waals surface area contributed by atoms with Crippen LogP contribution in [0.25, 0.3) is 10.9 Å². The fraction of sp³-hybridized carbons (Fsp3) is 0.545. The van der Waals surface area contributed by atoms with Crippen molar-refractivity contribution in [1.82, 2.24) is 4.57 Å². The summed E-state index contributed by atoms with van der Waals surface area (Å²) in [5.41, 5.74) is 5.83. The van der Waals surface area contributed by atoms with Crippen LogP contribution in [-0.2, 0) is 0 Å². The van der Waals surface area contributed by atoms with Crippen molar-refractivity contribution in [3.63, 3.8) is 0 Å². The van der Waals surface area contributed by atoms with Crippen LogP contribution in [0.2, 0.25) is 0 Å². The number of aromatic nitrogens is 1. The van der Waals surface area contributed by atoms with Crippen LogP contribution in [0.15, 0.2) is 17.1 Å². The minimum atomic E-state index is -1.32. The van der Waals surface area contributed by atoms with E-state index in [2.05, 4.69) is 13.8 Å². The van der Waals surface area contributed by atoms with Gasteiger partial charge in [-0.05, 0) is 30.2 Å². The molecule has 162 valence electrons. The molecule has 2 unspecified atom stereocenters. The van der Waals surface area contributed by atoms with Crippen molar-refractivity contribution in [1.29, 1.82) is 0 Å². The van der Waals surface area contributed by atoms with E-state index in [0.717, 1.165) is 18.9 Å². The molecule has 1 saturated heterocycles. The van der Waals surface area contributed by atoms with Gasteiger partial charge in [0.2, 0.25) is 5.43 Å². The van der Waals surface area contributed by atoms with Gasteiger partial charge in [0.05, 0.1) is 18.0 Å². The Hall–Kier alpha value is -2.61. The summed E-state index contributed by atoms with van der Waals surface area (Å²) >= 11 is 0. The third-order valence-corrected chi connectivity index (χ3v) is 6.51. The van der Waals surface area contributed by atoms with E-state index in [1.54, 1.807) is 4.57 Å². The van der Waals surface area contributed by atoms with Gasteiger partial charge in [0.15, 0.2) is 11.6 Å². The summed E-state index contributed by atoms with van der Waals surface area (Å²) in [6.45, 7) is 7.27. The summed E-state index contributed by atoms with van der Waals surface area (Å²) in [4.78, 5) is 26.4. The Morgan fingerprint density at radius 1 is 1.37 bits per heavy atom. The zero-order valence-corrected chi connectivity index (χ0v) is 17.7. The number of carboxylic acid groups (broad SMARTS) is 1. The number of hydrogen-bond donors (Lipinski definition) is 2. The normalized spacial score (nSPS) is 23.6. The highest BCUT2D eigenvalue weighted by molar-refractivity contribution is 5.97. The molecule has 0 spiro atoms. The maximum Gasteiger partial charge on any atom is 0.341 e. The van der Waals surface area contributed by atoms with E-state index in [1.165, 1.54) is 13.3 Å². The summed E-state index contributed by atoms with van der Waals surface area (Å²) in [7, 11) is 1.45. The highest BCUT2D eigenvalue weighted by Gasteiger charge is 2.40. The molecule has 3 N–H and O–H groups in total. The largest absolute Gasteiger partial charge is 0.492 e. The third kappa shape index (κ3) is 3.14.